The molecular formula is C14H20BrNO. The van der Waals surface area contributed by atoms with Gasteiger partial charge < -0.3 is 5.73 Å². The Morgan fingerprint density at radius 1 is 1.41 bits per heavy atom. The average molecular weight is 298 g/mol. The van der Waals surface area contributed by atoms with E-state index in [0.717, 1.165) is 22.9 Å². The van der Waals surface area contributed by atoms with Gasteiger partial charge in [-0.05, 0) is 43.0 Å². The van der Waals surface area contributed by atoms with Crippen molar-refractivity contribution >= 4 is 21.7 Å². The van der Waals surface area contributed by atoms with Crippen LogP contribution in [0.5, 0.6) is 0 Å². The van der Waals surface area contributed by atoms with Crippen molar-refractivity contribution in [1.29, 1.82) is 0 Å². The molecule has 0 spiro atoms. The van der Waals surface area contributed by atoms with Gasteiger partial charge in [0.25, 0.3) is 0 Å². The molecule has 0 bridgehead atoms. The third-order valence-corrected chi connectivity index (χ3v) is 3.36. The van der Waals surface area contributed by atoms with Crippen LogP contribution in [-0.4, -0.2) is 12.3 Å². The van der Waals surface area contributed by atoms with Crippen molar-refractivity contribution in [3.05, 3.63) is 34.3 Å². The van der Waals surface area contributed by atoms with Crippen molar-refractivity contribution in [1.82, 2.24) is 0 Å². The van der Waals surface area contributed by atoms with E-state index in [-0.39, 0.29) is 0 Å². The third-order valence-electron chi connectivity index (χ3n) is 2.87. The lowest BCUT2D eigenvalue weighted by molar-refractivity contribution is -0.118. The zero-order valence-electron chi connectivity index (χ0n) is 10.3. The molecule has 0 aromatic heterocycles. The van der Waals surface area contributed by atoms with Crippen molar-refractivity contribution in [2.45, 2.75) is 32.6 Å². The van der Waals surface area contributed by atoms with Gasteiger partial charge >= 0.3 is 0 Å². The molecular weight excluding hydrogens is 278 g/mol. The molecule has 0 radical (unpaired) electrons. The van der Waals surface area contributed by atoms with Gasteiger partial charge in [0.15, 0.2) is 0 Å². The monoisotopic (exact) mass is 297 g/mol. The Labute approximate surface area is 112 Å². The Balaban J connectivity index is 2.34. The average Bonchev–Trinajstić information content (AvgIpc) is 2.27. The summed E-state index contributed by atoms with van der Waals surface area (Å²) >= 11 is 3.41. The maximum Gasteiger partial charge on any atom is 0.137 e. The normalized spacial score (nSPS) is 12.4. The topological polar surface area (TPSA) is 43.1 Å². The smallest absolute Gasteiger partial charge is 0.137 e. The van der Waals surface area contributed by atoms with Crippen LogP contribution < -0.4 is 5.73 Å². The molecule has 1 atom stereocenters. The van der Waals surface area contributed by atoms with Crippen molar-refractivity contribution in [2.24, 2.45) is 11.7 Å². The van der Waals surface area contributed by atoms with Gasteiger partial charge in [0.2, 0.25) is 0 Å². The first kappa shape index (κ1) is 14.4. The largest absolute Gasteiger partial charge is 0.330 e. The van der Waals surface area contributed by atoms with Crippen LogP contribution in [0.1, 0.15) is 31.7 Å². The molecule has 1 rings (SSSR count). The van der Waals surface area contributed by atoms with Crippen LogP contribution in [0, 0.1) is 5.92 Å². The van der Waals surface area contributed by atoms with Crippen molar-refractivity contribution < 1.29 is 4.79 Å². The number of Topliss-reactive ketones (excluding diaryl/α,β-unsaturated/α-hetero) is 1. The first-order valence-electron chi connectivity index (χ1n) is 6.08. The van der Waals surface area contributed by atoms with Gasteiger partial charge in [0, 0.05) is 17.3 Å². The summed E-state index contributed by atoms with van der Waals surface area (Å²) < 4.78 is 1.03. The van der Waals surface area contributed by atoms with Gasteiger partial charge in [-0.1, -0.05) is 35.0 Å². The maximum absolute atomic E-state index is 11.8. The van der Waals surface area contributed by atoms with E-state index in [1.54, 1.807) is 0 Å². The van der Waals surface area contributed by atoms with E-state index >= 15 is 0 Å². The Kier molecular flexibility index (Phi) is 6.45. The van der Waals surface area contributed by atoms with E-state index in [2.05, 4.69) is 22.9 Å². The molecule has 17 heavy (non-hydrogen) atoms. The number of hydrogen-bond acceptors (Lipinski definition) is 2. The standard InChI is InChI=1S/C14H20BrNO/c1-11(7-8-16)5-6-14(17)10-12-3-2-4-13(15)9-12/h2-4,9,11H,5-8,10,16H2,1H3. The highest BCUT2D eigenvalue weighted by Crippen LogP contribution is 2.14. The Hall–Kier alpha value is -0.670. The minimum atomic E-state index is 0.312. The summed E-state index contributed by atoms with van der Waals surface area (Å²) in [4.78, 5) is 11.8. The van der Waals surface area contributed by atoms with Gasteiger partial charge in [-0.3, -0.25) is 4.79 Å². The minimum absolute atomic E-state index is 0.312. The number of carbonyl (C=O) groups excluding carboxylic acids is 1. The van der Waals surface area contributed by atoms with Crippen LogP contribution in [0.3, 0.4) is 0 Å². The van der Waals surface area contributed by atoms with E-state index in [0.29, 0.717) is 31.1 Å². The van der Waals surface area contributed by atoms with Gasteiger partial charge in [-0.15, -0.1) is 0 Å². The van der Waals surface area contributed by atoms with Crippen molar-refractivity contribution in [2.75, 3.05) is 6.54 Å². The van der Waals surface area contributed by atoms with Gasteiger partial charge in [0.1, 0.15) is 5.78 Å². The first-order chi connectivity index (χ1) is 8.11. The van der Waals surface area contributed by atoms with Crippen LogP contribution >= 0.6 is 15.9 Å². The number of carbonyl (C=O) groups is 1. The Bertz CT molecular complexity index is 365. The number of benzene rings is 1. The summed E-state index contributed by atoms with van der Waals surface area (Å²) in [7, 11) is 0. The fourth-order valence-electron chi connectivity index (χ4n) is 1.80. The van der Waals surface area contributed by atoms with Gasteiger partial charge in [-0.2, -0.15) is 0 Å². The molecule has 0 fully saturated rings. The Morgan fingerprint density at radius 2 is 2.18 bits per heavy atom. The van der Waals surface area contributed by atoms with Crippen molar-refractivity contribution in [3.8, 4) is 0 Å². The predicted molar refractivity (Wildman–Crippen MR) is 74.9 cm³/mol. The highest BCUT2D eigenvalue weighted by Gasteiger charge is 2.07. The van der Waals surface area contributed by atoms with Crippen LogP contribution in [0.25, 0.3) is 0 Å². The molecule has 0 saturated carbocycles. The van der Waals surface area contributed by atoms with Crippen LogP contribution in [0.2, 0.25) is 0 Å². The van der Waals surface area contributed by atoms with E-state index in [9.17, 15) is 4.79 Å². The molecule has 2 N–H and O–H groups in total. The summed E-state index contributed by atoms with van der Waals surface area (Å²) in [6.45, 7) is 2.86. The van der Waals surface area contributed by atoms with Crippen LogP contribution in [-0.2, 0) is 11.2 Å². The molecule has 0 aliphatic rings. The van der Waals surface area contributed by atoms with E-state index in [4.69, 9.17) is 5.73 Å². The first-order valence-corrected chi connectivity index (χ1v) is 6.87. The third kappa shape index (κ3) is 5.99. The van der Waals surface area contributed by atoms with Gasteiger partial charge in [0.05, 0.1) is 0 Å². The molecule has 0 saturated heterocycles. The lowest BCUT2D eigenvalue weighted by Crippen LogP contribution is -2.09. The second-order valence-electron chi connectivity index (χ2n) is 4.57. The number of ketones is 1. The zero-order valence-corrected chi connectivity index (χ0v) is 11.9. The number of nitrogens with two attached hydrogens (primary N) is 1. The molecule has 1 aromatic rings. The molecule has 1 unspecified atom stereocenters. The zero-order chi connectivity index (χ0) is 12.7. The minimum Gasteiger partial charge on any atom is -0.330 e. The lowest BCUT2D eigenvalue weighted by Gasteiger charge is -2.08. The SMILES string of the molecule is CC(CCN)CCC(=O)Cc1cccc(Br)c1. The summed E-state index contributed by atoms with van der Waals surface area (Å²) in [6, 6.07) is 7.92. The second kappa shape index (κ2) is 7.62. The molecule has 1 aromatic carbocycles. The summed E-state index contributed by atoms with van der Waals surface area (Å²) in [6.07, 6.45) is 3.15. The highest BCUT2D eigenvalue weighted by atomic mass is 79.9. The fraction of sp³-hybridized carbons (Fsp3) is 0.500. The second-order valence-corrected chi connectivity index (χ2v) is 5.48. The molecule has 0 heterocycles. The van der Waals surface area contributed by atoms with Crippen LogP contribution in [0.4, 0.5) is 0 Å². The molecule has 94 valence electrons. The summed E-state index contributed by atoms with van der Waals surface area (Å²) in [5.41, 5.74) is 6.57. The Morgan fingerprint density at radius 3 is 2.82 bits per heavy atom. The van der Waals surface area contributed by atoms with Crippen molar-refractivity contribution in [3.63, 3.8) is 0 Å². The predicted octanol–water partition coefficient (Wildman–Crippen LogP) is 3.33. The molecule has 3 heteroatoms. The fourth-order valence-corrected chi connectivity index (χ4v) is 2.25. The number of rotatable bonds is 7. The molecule has 0 amide bonds. The molecule has 0 aliphatic carbocycles. The number of halogens is 1. The highest BCUT2D eigenvalue weighted by molar-refractivity contribution is 9.10. The van der Waals surface area contributed by atoms with E-state index in [1.807, 2.05) is 24.3 Å². The van der Waals surface area contributed by atoms with Gasteiger partial charge in [-0.25, -0.2) is 0 Å². The summed E-state index contributed by atoms with van der Waals surface area (Å²) in [5.74, 6) is 0.860. The molecule has 0 aliphatic heterocycles. The lowest BCUT2D eigenvalue weighted by atomic mass is 9.98. The molecule has 2 nitrogen and oxygen atoms in total. The quantitative estimate of drug-likeness (QED) is 0.839. The summed E-state index contributed by atoms with van der Waals surface area (Å²) in [5, 5.41) is 0. The van der Waals surface area contributed by atoms with E-state index < -0.39 is 0 Å². The van der Waals surface area contributed by atoms with Crippen LogP contribution in [0.15, 0.2) is 28.7 Å². The van der Waals surface area contributed by atoms with E-state index in [1.165, 1.54) is 0 Å². The number of hydrogen-bond donors (Lipinski definition) is 1. The maximum atomic E-state index is 11.8.